The summed E-state index contributed by atoms with van der Waals surface area (Å²) in [5.74, 6) is 0.0793. The Morgan fingerprint density at radius 3 is 1.72 bits per heavy atom. The second kappa shape index (κ2) is 19.0. The summed E-state index contributed by atoms with van der Waals surface area (Å²) < 4.78 is 0. The molecule has 36 heavy (non-hydrogen) atoms. The van der Waals surface area contributed by atoms with Gasteiger partial charge in [-0.3, -0.25) is 4.79 Å². The fourth-order valence-corrected chi connectivity index (χ4v) is 5.28. The van der Waals surface area contributed by atoms with Gasteiger partial charge in [0.15, 0.2) is 5.78 Å². The number of carbonyl (C=O) groups is 1. The fourth-order valence-electron chi connectivity index (χ4n) is 5.28. The van der Waals surface area contributed by atoms with Crippen LogP contribution in [-0.2, 0) is 19.3 Å². The molecule has 0 fully saturated rings. The van der Waals surface area contributed by atoms with Gasteiger partial charge in [0.05, 0.1) is 0 Å². The maximum absolute atomic E-state index is 12.6. The molecule has 0 aromatic heterocycles. The summed E-state index contributed by atoms with van der Waals surface area (Å²) in [6.45, 7) is 6.83. The van der Waals surface area contributed by atoms with Crippen molar-refractivity contribution in [3.63, 3.8) is 0 Å². The normalized spacial score (nSPS) is 11.4. The van der Waals surface area contributed by atoms with Gasteiger partial charge in [-0.25, -0.2) is 0 Å². The molecule has 0 radical (unpaired) electrons. The predicted molar refractivity (Wildman–Crippen MR) is 159 cm³/mol. The molecule has 0 atom stereocenters. The van der Waals surface area contributed by atoms with Crippen molar-refractivity contribution < 1.29 is 4.79 Å². The lowest BCUT2D eigenvalue weighted by Crippen LogP contribution is -2.04. The fraction of sp³-hybridized carbons (Fsp3) is 0.571. The monoisotopic (exact) mass is 488 g/mol. The minimum atomic E-state index is 0.0793. The zero-order chi connectivity index (χ0) is 25.8. The molecule has 0 aliphatic heterocycles. The Morgan fingerprint density at radius 2 is 1.14 bits per heavy atom. The molecule has 1 nitrogen and oxygen atoms in total. The van der Waals surface area contributed by atoms with E-state index in [4.69, 9.17) is 0 Å². The molecule has 0 N–H and O–H groups in total. The Labute approximate surface area is 222 Å². The van der Waals surface area contributed by atoms with Crippen LogP contribution < -0.4 is 0 Å². The van der Waals surface area contributed by atoms with Crippen LogP contribution in [0.3, 0.4) is 0 Å². The van der Waals surface area contributed by atoms with E-state index in [1.165, 1.54) is 94.6 Å². The van der Waals surface area contributed by atoms with Crippen molar-refractivity contribution in [1.82, 2.24) is 0 Å². The Bertz CT molecular complexity index is 877. The maximum atomic E-state index is 12.6. The molecule has 0 bridgehead atoms. The van der Waals surface area contributed by atoms with Gasteiger partial charge in [-0.1, -0.05) is 153 Å². The largest absolute Gasteiger partial charge is 0.289 e. The summed E-state index contributed by atoms with van der Waals surface area (Å²) in [5.41, 5.74) is 6.54. The Kier molecular flexibility index (Phi) is 15.9. The Balaban J connectivity index is 1.88. The zero-order valence-electron chi connectivity index (χ0n) is 23.6. The van der Waals surface area contributed by atoms with Crippen LogP contribution in [0.1, 0.15) is 143 Å². The minimum Gasteiger partial charge on any atom is -0.289 e. The van der Waals surface area contributed by atoms with E-state index in [0.717, 1.165) is 31.2 Å². The summed E-state index contributed by atoms with van der Waals surface area (Å²) in [6.07, 6.45) is 26.3. The van der Waals surface area contributed by atoms with E-state index in [1.807, 2.05) is 36.4 Å². The molecule has 0 aliphatic rings. The smallest absolute Gasteiger partial charge is 0.185 e. The lowest BCUT2D eigenvalue weighted by Gasteiger charge is -2.17. The van der Waals surface area contributed by atoms with Gasteiger partial charge < -0.3 is 0 Å². The summed E-state index contributed by atoms with van der Waals surface area (Å²) >= 11 is 0. The lowest BCUT2D eigenvalue weighted by molar-refractivity contribution is 0.104. The summed E-state index contributed by atoms with van der Waals surface area (Å²) in [5, 5.41) is 0. The van der Waals surface area contributed by atoms with Crippen LogP contribution in [0.15, 0.2) is 48.5 Å². The number of ketones is 1. The third-order valence-electron chi connectivity index (χ3n) is 7.34. The predicted octanol–water partition coefficient (Wildman–Crippen LogP) is 10.7. The van der Waals surface area contributed by atoms with Crippen LogP contribution in [0.25, 0.3) is 6.08 Å². The molecule has 0 heterocycles. The average Bonchev–Trinajstić information content (AvgIpc) is 2.90. The van der Waals surface area contributed by atoms with Gasteiger partial charge in [0.2, 0.25) is 0 Å². The van der Waals surface area contributed by atoms with Crippen LogP contribution in [0.4, 0.5) is 0 Å². The Morgan fingerprint density at radius 1 is 0.583 bits per heavy atom. The minimum absolute atomic E-state index is 0.0793. The number of benzene rings is 2. The number of rotatable bonds is 20. The van der Waals surface area contributed by atoms with Crippen LogP contribution >= 0.6 is 0 Å². The summed E-state index contributed by atoms with van der Waals surface area (Å²) in [7, 11) is 0. The van der Waals surface area contributed by atoms with Gasteiger partial charge in [0, 0.05) is 5.56 Å². The van der Waals surface area contributed by atoms with Crippen LogP contribution in [0.2, 0.25) is 0 Å². The molecule has 2 aromatic carbocycles. The van der Waals surface area contributed by atoms with Gasteiger partial charge >= 0.3 is 0 Å². The van der Waals surface area contributed by atoms with Crippen LogP contribution in [0.5, 0.6) is 0 Å². The molecule has 0 spiro atoms. The van der Waals surface area contributed by atoms with Crippen molar-refractivity contribution in [1.29, 1.82) is 0 Å². The van der Waals surface area contributed by atoms with E-state index >= 15 is 0 Å². The number of hydrogen-bond donors (Lipinski definition) is 0. The quantitative estimate of drug-likeness (QED) is 0.103. The molecule has 1 heteroatoms. The van der Waals surface area contributed by atoms with E-state index in [0.29, 0.717) is 0 Å². The molecule has 198 valence electrons. The average molecular weight is 489 g/mol. The summed E-state index contributed by atoms with van der Waals surface area (Å²) in [4.78, 5) is 12.6. The number of allylic oxidation sites excluding steroid dienone is 1. The highest BCUT2D eigenvalue weighted by Gasteiger charge is 2.12. The standard InChI is InChI=1S/C35H52O/c1-4-7-8-9-10-11-12-13-14-15-16-18-23-30-26-27-31(34(22-6-3)33(30)21-5-2)28-29-35(36)32-24-19-17-20-25-32/h17,19-20,24-29H,4-16,18,21-23H2,1-3H3. The number of carbonyl (C=O) groups excluding carboxylic acids is 1. The van der Waals surface area contributed by atoms with Gasteiger partial charge in [-0.05, 0) is 54.0 Å². The molecule has 0 saturated heterocycles. The first kappa shape index (κ1) is 30.1. The second-order valence-corrected chi connectivity index (χ2v) is 10.5. The van der Waals surface area contributed by atoms with Crippen molar-refractivity contribution in [3.8, 4) is 0 Å². The van der Waals surface area contributed by atoms with Gasteiger partial charge in [-0.2, -0.15) is 0 Å². The molecule has 0 aliphatic carbocycles. The molecule has 2 aromatic rings. The summed E-state index contributed by atoms with van der Waals surface area (Å²) in [6, 6.07) is 14.2. The first-order valence-corrected chi connectivity index (χ1v) is 15.1. The molecule has 0 saturated carbocycles. The number of aryl methyl sites for hydroxylation is 1. The molecule has 0 unspecified atom stereocenters. The van der Waals surface area contributed by atoms with Crippen molar-refractivity contribution in [3.05, 3.63) is 76.4 Å². The van der Waals surface area contributed by atoms with E-state index in [-0.39, 0.29) is 5.78 Å². The van der Waals surface area contributed by atoms with Crippen LogP contribution in [0, 0.1) is 0 Å². The van der Waals surface area contributed by atoms with Gasteiger partial charge in [0.25, 0.3) is 0 Å². The second-order valence-electron chi connectivity index (χ2n) is 10.5. The van der Waals surface area contributed by atoms with Crippen molar-refractivity contribution in [2.45, 2.75) is 130 Å². The van der Waals surface area contributed by atoms with Crippen molar-refractivity contribution in [2.24, 2.45) is 0 Å². The third kappa shape index (κ3) is 11.3. The first-order valence-electron chi connectivity index (χ1n) is 15.1. The highest BCUT2D eigenvalue weighted by Crippen LogP contribution is 2.26. The van der Waals surface area contributed by atoms with Gasteiger partial charge in [-0.15, -0.1) is 0 Å². The first-order chi connectivity index (χ1) is 17.7. The number of unbranched alkanes of at least 4 members (excludes halogenated alkanes) is 11. The highest BCUT2D eigenvalue weighted by atomic mass is 16.1. The van der Waals surface area contributed by atoms with E-state index in [9.17, 15) is 4.79 Å². The molecule has 0 amide bonds. The number of hydrogen-bond acceptors (Lipinski definition) is 1. The van der Waals surface area contributed by atoms with Crippen molar-refractivity contribution >= 4 is 11.9 Å². The third-order valence-corrected chi connectivity index (χ3v) is 7.34. The Hall–Kier alpha value is -2.15. The van der Waals surface area contributed by atoms with E-state index in [2.05, 4.69) is 32.9 Å². The molecule has 2 rings (SSSR count). The van der Waals surface area contributed by atoms with Crippen LogP contribution in [-0.4, -0.2) is 5.78 Å². The molecular formula is C35H52O. The lowest BCUT2D eigenvalue weighted by atomic mass is 9.88. The van der Waals surface area contributed by atoms with Gasteiger partial charge in [0.1, 0.15) is 0 Å². The highest BCUT2D eigenvalue weighted by molar-refractivity contribution is 6.06. The van der Waals surface area contributed by atoms with E-state index in [1.54, 1.807) is 17.2 Å². The van der Waals surface area contributed by atoms with Crippen molar-refractivity contribution in [2.75, 3.05) is 0 Å². The van der Waals surface area contributed by atoms with E-state index < -0.39 is 0 Å². The molecular weight excluding hydrogens is 436 g/mol. The zero-order valence-corrected chi connectivity index (χ0v) is 23.6. The SMILES string of the molecule is CCCCCCCCCCCCCCc1ccc(C=CC(=O)c2ccccc2)c(CCC)c1CCC. The topological polar surface area (TPSA) is 17.1 Å². The maximum Gasteiger partial charge on any atom is 0.185 e.